The SMILES string of the molecule is CN(C)CCCNC(=O)c1cccc(-c2ccc3c(C(=O)O)cc4cc[nH]c(=O)c4c3c2)c1. The van der Waals surface area contributed by atoms with Crippen molar-refractivity contribution in [3.8, 4) is 11.1 Å². The molecule has 0 aliphatic carbocycles. The first kappa shape index (κ1) is 22.2. The summed E-state index contributed by atoms with van der Waals surface area (Å²) in [5.41, 5.74) is 1.99. The van der Waals surface area contributed by atoms with Crippen LogP contribution in [0.4, 0.5) is 0 Å². The monoisotopic (exact) mass is 443 g/mol. The van der Waals surface area contributed by atoms with Crippen molar-refractivity contribution in [3.63, 3.8) is 0 Å². The first-order valence-electron chi connectivity index (χ1n) is 10.7. The van der Waals surface area contributed by atoms with E-state index in [9.17, 15) is 19.5 Å². The predicted molar refractivity (Wildman–Crippen MR) is 130 cm³/mol. The molecule has 1 aromatic heterocycles. The number of hydrogen-bond donors (Lipinski definition) is 3. The lowest BCUT2D eigenvalue weighted by molar-refractivity contribution is 0.0699. The van der Waals surface area contributed by atoms with Crippen LogP contribution in [0.3, 0.4) is 0 Å². The van der Waals surface area contributed by atoms with Crippen LogP contribution < -0.4 is 10.9 Å². The molecule has 0 atom stereocenters. The number of rotatable bonds is 7. The molecular weight excluding hydrogens is 418 g/mol. The summed E-state index contributed by atoms with van der Waals surface area (Å²) in [6.45, 7) is 1.48. The third-order valence-electron chi connectivity index (χ3n) is 5.63. The van der Waals surface area contributed by atoms with Gasteiger partial charge in [0.2, 0.25) is 0 Å². The molecular formula is C26H25N3O4. The Labute approximate surface area is 190 Å². The van der Waals surface area contributed by atoms with Gasteiger partial charge in [0.05, 0.1) is 10.9 Å². The number of aromatic nitrogens is 1. The molecule has 0 spiro atoms. The number of carboxylic acid groups (broad SMARTS) is 1. The Morgan fingerprint density at radius 3 is 2.55 bits per heavy atom. The first-order valence-corrected chi connectivity index (χ1v) is 10.7. The standard InChI is InChI=1S/C26H25N3O4/c1-29(2)12-4-10-27-24(30)19-6-3-5-16(13-19)17-7-8-20-21(14-17)23-18(9-11-28-25(23)31)15-22(20)26(32)33/h3,5-9,11,13-15H,4,10,12H2,1-2H3,(H,27,30)(H,28,31)(H,32,33). The van der Waals surface area contributed by atoms with Crippen molar-refractivity contribution in [1.29, 1.82) is 0 Å². The fourth-order valence-electron chi connectivity index (χ4n) is 4.01. The summed E-state index contributed by atoms with van der Waals surface area (Å²) in [6, 6.07) is 15.8. The molecule has 3 aromatic carbocycles. The second-order valence-corrected chi connectivity index (χ2v) is 8.25. The summed E-state index contributed by atoms with van der Waals surface area (Å²) >= 11 is 0. The van der Waals surface area contributed by atoms with E-state index in [-0.39, 0.29) is 17.0 Å². The average molecular weight is 444 g/mol. The number of aromatic amines is 1. The van der Waals surface area contributed by atoms with Crippen molar-refractivity contribution in [1.82, 2.24) is 15.2 Å². The van der Waals surface area contributed by atoms with Crippen LogP contribution in [0.1, 0.15) is 27.1 Å². The van der Waals surface area contributed by atoms with Crippen LogP contribution in [0, 0.1) is 0 Å². The Kier molecular flexibility index (Phi) is 6.24. The molecule has 3 N–H and O–H groups in total. The Morgan fingerprint density at radius 1 is 1.00 bits per heavy atom. The number of hydrogen-bond acceptors (Lipinski definition) is 4. The number of carboxylic acids is 1. The van der Waals surface area contributed by atoms with E-state index in [0.717, 1.165) is 24.1 Å². The summed E-state index contributed by atoms with van der Waals surface area (Å²) in [6.07, 6.45) is 2.36. The lowest BCUT2D eigenvalue weighted by Crippen LogP contribution is -2.27. The van der Waals surface area contributed by atoms with Gasteiger partial charge in [-0.2, -0.15) is 0 Å². The van der Waals surface area contributed by atoms with Crippen LogP contribution in [0.2, 0.25) is 0 Å². The minimum Gasteiger partial charge on any atom is -0.478 e. The number of nitrogens with one attached hydrogen (secondary N) is 2. The zero-order valence-electron chi connectivity index (χ0n) is 18.5. The van der Waals surface area contributed by atoms with Gasteiger partial charge in [0.1, 0.15) is 0 Å². The number of H-pyrrole nitrogens is 1. The number of carbonyl (C=O) groups is 2. The zero-order chi connectivity index (χ0) is 23.5. The second-order valence-electron chi connectivity index (χ2n) is 8.25. The largest absolute Gasteiger partial charge is 0.478 e. The Hall–Kier alpha value is -3.97. The molecule has 0 unspecified atom stereocenters. The number of benzene rings is 3. The Bertz CT molecular complexity index is 1420. The van der Waals surface area contributed by atoms with E-state index in [0.29, 0.717) is 33.7 Å². The predicted octanol–water partition coefficient (Wildman–Crippen LogP) is 3.73. The van der Waals surface area contributed by atoms with Crippen LogP contribution in [-0.2, 0) is 0 Å². The van der Waals surface area contributed by atoms with Gasteiger partial charge in [0.25, 0.3) is 11.5 Å². The van der Waals surface area contributed by atoms with Crippen molar-refractivity contribution in [3.05, 3.63) is 82.3 Å². The summed E-state index contributed by atoms with van der Waals surface area (Å²) in [5, 5.41) is 14.7. The highest BCUT2D eigenvalue weighted by Gasteiger charge is 2.15. The Morgan fingerprint density at radius 2 is 1.79 bits per heavy atom. The van der Waals surface area contributed by atoms with E-state index in [2.05, 4.69) is 15.2 Å². The molecule has 0 aliphatic heterocycles. The number of aromatic carboxylic acids is 1. The number of carbonyl (C=O) groups excluding carboxylic acids is 1. The van der Waals surface area contributed by atoms with E-state index < -0.39 is 5.97 Å². The maximum Gasteiger partial charge on any atom is 0.336 e. The molecule has 7 heteroatoms. The molecule has 0 radical (unpaired) electrons. The lowest BCUT2D eigenvalue weighted by Gasteiger charge is -2.11. The van der Waals surface area contributed by atoms with Gasteiger partial charge < -0.3 is 20.3 Å². The first-order chi connectivity index (χ1) is 15.8. The molecule has 4 rings (SSSR count). The molecule has 7 nitrogen and oxygen atoms in total. The van der Waals surface area contributed by atoms with Crippen LogP contribution in [-0.4, -0.2) is 54.1 Å². The molecule has 0 bridgehead atoms. The van der Waals surface area contributed by atoms with Gasteiger partial charge in [-0.05, 0) is 84.7 Å². The van der Waals surface area contributed by atoms with Crippen LogP contribution in [0.5, 0.6) is 0 Å². The third kappa shape index (κ3) is 4.63. The van der Waals surface area contributed by atoms with Gasteiger partial charge in [-0.25, -0.2) is 4.79 Å². The van der Waals surface area contributed by atoms with Gasteiger partial charge in [-0.1, -0.05) is 24.3 Å². The topological polar surface area (TPSA) is 102 Å². The van der Waals surface area contributed by atoms with Crippen molar-refractivity contribution >= 4 is 33.4 Å². The summed E-state index contributed by atoms with van der Waals surface area (Å²) in [4.78, 5) is 41.7. The van der Waals surface area contributed by atoms with Gasteiger partial charge in [-0.3, -0.25) is 9.59 Å². The van der Waals surface area contributed by atoms with Crippen molar-refractivity contribution in [2.45, 2.75) is 6.42 Å². The van der Waals surface area contributed by atoms with E-state index in [1.54, 1.807) is 24.3 Å². The highest BCUT2D eigenvalue weighted by molar-refractivity contribution is 6.16. The summed E-state index contributed by atoms with van der Waals surface area (Å²) < 4.78 is 0. The van der Waals surface area contributed by atoms with E-state index in [1.807, 2.05) is 38.4 Å². The summed E-state index contributed by atoms with van der Waals surface area (Å²) in [7, 11) is 3.98. The second kappa shape index (κ2) is 9.26. The van der Waals surface area contributed by atoms with Crippen molar-refractivity contribution < 1.29 is 14.7 Å². The Balaban J connectivity index is 1.74. The maximum absolute atomic E-state index is 12.6. The normalized spacial score (nSPS) is 11.2. The molecule has 0 fully saturated rings. The van der Waals surface area contributed by atoms with Gasteiger partial charge in [0.15, 0.2) is 0 Å². The average Bonchev–Trinajstić information content (AvgIpc) is 2.80. The molecule has 4 aromatic rings. The smallest absolute Gasteiger partial charge is 0.336 e. The fraction of sp³-hybridized carbons (Fsp3) is 0.192. The quantitative estimate of drug-likeness (QED) is 0.298. The molecule has 33 heavy (non-hydrogen) atoms. The molecule has 0 saturated carbocycles. The van der Waals surface area contributed by atoms with E-state index in [4.69, 9.17) is 0 Å². The summed E-state index contributed by atoms with van der Waals surface area (Å²) in [5.74, 6) is -1.20. The van der Waals surface area contributed by atoms with Crippen LogP contribution >= 0.6 is 0 Å². The van der Waals surface area contributed by atoms with Crippen molar-refractivity contribution in [2.75, 3.05) is 27.2 Å². The molecule has 168 valence electrons. The van der Waals surface area contributed by atoms with Crippen LogP contribution in [0.25, 0.3) is 32.7 Å². The highest BCUT2D eigenvalue weighted by Crippen LogP contribution is 2.31. The molecule has 1 amide bonds. The van der Waals surface area contributed by atoms with E-state index in [1.165, 1.54) is 12.3 Å². The molecule has 0 aliphatic rings. The zero-order valence-corrected chi connectivity index (χ0v) is 18.5. The number of amides is 1. The minimum absolute atomic E-state index is 0.139. The fourth-order valence-corrected chi connectivity index (χ4v) is 4.01. The van der Waals surface area contributed by atoms with Gasteiger partial charge >= 0.3 is 5.97 Å². The lowest BCUT2D eigenvalue weighted by atomic mass is 9.94. The van der Waals surface area contributed by atoms with Gasteiger partial charge in [0, 0.05) is 18.3 Å². The third-order valence-corrected chi connectivity index (χ3v) is 5.63. The van der Waals surface area contributed by atoms with Crippen molar-refractivity contribution in [2.24, 2.45) is 0 Å². The maximum atomic E-state index is 12.6. The minimum atomic E-state index is -1.05. The number of nitrogens with zero attached hydrogens (tertiary/aromatic N) is 1. The molecule has 0 saturated heterocycles. The van der Waals surface area contributed by atoms with Crippen LogP contribution in [0.15, 0.2) is 65.6 Å². The number of pyridine rings is 1. The molecule has 1 heterocycles. The highest BCUT2D eigenvalue weighted by atomic mass is 16.4. The van der Waals surface area contributed by atoms with Gasteiger partial charge in [-0.15, -0.1) is 0 Å². The van der Waals surface area contributed by atoms with E-state index >= 15 is 0 Å². The number of fused-ring (bicyclic) bond motifs is 3.